The molecule has 0 aliphatic rings. The summed E-state index contributed by atoms with van der Waals surface area (Å²) in [6, 6.07) is 13.2. The van der Waals surface area contributed by atoms with E-state index in [1.165, 1.54) is 11.3 Å². The van der Waals surface area contributed by atoms with E-state index in [-0.39, 0.29) is 11.5 Å². The van der Waals surface area contributed by atoms with Gasteiger partial charge in [-0.25, -0.2) is 14.8 Å². The number of nitrogens with zero attached hydrogens (tertiary/aromatic N) is 4. The second-order valence-corrected chi connectivity index (χ2v) is 12.2. The number of thiazole rings is 1. The number of fused-ring (bicyclic) bond motifs is 3. The number of amides is 2. The molecule has 10 nitrogen and oxygen atoms in total. The van der Waals surface area contributed by atoms with Crippen LogP contribution in [0.15, 0.2) is 53.2 Å². The third-order valence-corrected chi connectivity index (χ3v) is 7.49. The topological polar surface area (TPSA) is 119 Å². The van der Waals surface area contributed by atoms with Crippen LogP contribution in [0.2, 0.25) is 0 Å². The van der Waals surface area contributed by atoms with Crippen molar-refractivity contribution in [1.29, 1.82) is 0 Å². The van der Waals surface area contributed by atoms with Crippen LogP contribution in [0.4, 0.5) is 16.3 Å². The molecule has 2 amide bonds. The number of pyridine rings is 1. The molecule has 5 aromatic rings. The minimum atomic E-state index is -0.399. The number of carbonyl (C=O) groups excluding carboxylic acids is 1. The lowest BCUT2D eigenvalue weighted by molar-refractivity contribution is 0.260. The first kappa shape index (κ1) is 27.9. The quantitative estimate of drug-likeness (QED) is 0.153. The van der Waals surface area contributed by atoms with Crippen LogP contribution in [0.25, 0.3) is 26.6 Å². The Labute approximate surface area is 241 Å². The number of aromatic nitrogens is 4. The number of nitrogens with one attached hydrogen (secondary N) is 3. The highest BCUT2D eigenvalue weighted by Crippen LogP contribution is 2.30. The van der Waals surface area contributed by atoms with Crippen molar-refractivity contribution in [3.63, 3.8) is 0 Å². The second kappa shape index (κ2) is 11.5. The van der Waals surface area contributed by atoms with Gasteiger partial charge in [-0.2, -0.15) is 12.6 Å². The molecule has 0 bridgehead atoms. The lowest BCUT2D eigenvalue weighted by atomic mass is 9.93. The summed E-state index contributed by atoms with van der Waals surface area (Å²) >= 11 is 5.92. The third kappa shape index (κ3) is 6.40. The van der Waals surface area contributed by atoms with Crippen LogP contribution in [0.3, 0.4) is 0 Å². The van der Waals surface area contributed by atoms with Gasteiger partial charge in [-0.1, -0.05) is 63.2 Å². The van der Waals surface area contributed by atoms with E-state index < -0.39 is 6.03 Å². The summed E-state index contributed by atoms with van der Waals surface area (Å²) in [5.74, 6) is 2.32. The Morgan fingerprint density at radius 2 is 1.90 bits per heavy atom. The molecule has 1 atom stereocenters. The van der Waals surface area contributed by atoms with Gasteiger partial charge in [0.05, 0.1) is 17.3 Å². The van der Waals surface area contributed by atoms with Crippen molar-refractivity contribution in [3.8, 4) is 17.1 Å². The van der Waals surface area contributed by atoms with Crippen LogP contribution in [-0.4, -0.2) is 50.0 Å². The predicted molar refractivity (Wildman–Crippen MR) is 163 cm³/mol. The third-order valence-electron chi connectivity index (χ3n) is 6.09. The number of thiol groups is 1. The fraction of sp³-hybridized carbons (Fsp3) is 0.357. The summed E-state index contributed by atoms with van der Waals surface area (Å²) in [6.45, 7) is 10.7. The molecular formula is C28H33N7O3S2. The van der Waals surface area contributed by atoms with Gasteiger partial charge in [0.1, 0.15) is 17.2 Å². The highest BCUT2D eigenvalue weighted by atomic mass is 32.1. The zero-order valence-electron chi connectivity index (χ0n) is 23.1. The number of imidazole rings is 1. The van der Waals surface area contributed by atoms with Crippen molar-refractivity contribution in [1.82, 2.24) is 24.8 Å². The SMILES string of the molecule is CC(C)NC(CS)COc1ccc2c(n1)sc1nc(-c3ccc(NC(=O)Nc4cc(C(C)(C)C)on4)cc3)cn12. The highest BCUT2D eigenvalue weighted by molar-refractivity contribution is 7.80. The Kier molecular flexibility index (Phi) is 8.02. The molecule has 0 spiro atoms. The van der Waals surface area contributed by atoms with E-state index in [9.17, 15) is 4.79 Å². The van der Waals surface area contributed by atoms with Crippen molar-refractivity contribution >= 4 is 56.8 Å². The molecule has 1 unspecified atom stereocenters. The van der Waals surface area contributed by atoms with E-state index in [1.807, 2.05) is 67.8 Å². The molecule has 3 N–H and O–H groups in total. The number of benzene rings is 1. The summed E-state index contributed by atoms with van der Waals surface area (Å²) in [6.07, 6.45) is 1.99. The average molecular weight is 580 g/mol. The molecule has 0 fully saturated rings. The number of hydrogen-bond acceptors (Lipinski definition) is 9. The van der Waals surface area contributed by atoms with Gasteiger partial charge in [0.2, 0.25) is 5.88 Å². The van der Waals surface area contributed by atoms with Gasteiger partial charge >= 0.3 is 6.03 Å². The van der Waals surface area contributed by atoms with Crippen molar-refractivity contribution in [2.45, 2.75) is 52.1 Å². The number of carbonyl (C=O) groups is 1. The molecule has 40 heavy (non-hydrogen) atoms. The highest BCUT2D eigenvalue weighted by Gasteiger charge is 2.20. The number of hydrogen-bond donors (Lipinski definition) is 4. The monoisotopic (exact) mass is 579 g/mol. The number of anilines is 2. The largest absolute Gasteiger partial charge is 0.476 e. The van der Waals surface area contributed by atoms with Crippen molar-refractivity contribution in [3.05, 3.63) is 54.4 Å². The van der Waals surface area contributed by atoms with Crippen molar-refractivity contribution in [2.24, 2.45) is 0 Å². The second-order valence-electron chi connectivity index (χ2n) is 10.8. The predicted octanol–water partition coefficient (Wildman–Crippen LogP) is 6.22. The van der Waals surface area contributed by atoms with Crippen LogP contribution in [0.1, 0.15) is 40.4 Å². The van der Waals surface area contributed by atoms with Crippen LogP contribution in [-0.2, 0) is 5.41 Å². The van der Waals surface area contributed by atoms with Crippen LogP contribution < -0.4 is 20.7 Å². The molecule has 0 aliphatic carbocycles. The van der Waals surface area contributed by atoms with Gasteiger partial charge < -0.3 is 19.9 Å². The first-order chi connectivity index (χ1) is 19.1. The maximum atomic E-state index is 12.4. The first-order valence-corrected chi connectivity index (χ1v) is 14.5. The van der Waals surface area contributed by atoms with Crippen LogP contribution in [0.5, 0.6) is 5.88 Å². The molecule has 1 aromatic carbocycles. The molecule has 4 aromatic heterocycles. The van der Waals surface area contributed by atoms with Gasteiger partial charge in [-0.05, 0) is 18.2 Å². The maximum Gasteiger partial charge on any atom is 0.324 e. The minimum absolute atomic E-state index is 0.148. The fourth-order valence-electron chi connectivity index (χ4n) is 4.09. The smallest absolute Gasteiger partial charge is 0.324 e. The summed E-state index contributed by atoms with van der Waals surface area (Å²) < 4.78 is 13.3. The van der Waals surface area contributed by atoms with E-state index in [4.69, 9.17) is 14.2 Å². The Balaban J connectivity index is 1.23. The zero-order valence-corrected chi connectivity index (χ0v) is 24.8. The maximum absolute atomic E-state index is 12.4. The van der Waals surface area contributed by atoms with E-state index in [0.29, 0.717) is 41.5 Å². The molecule has 0 aliphatic heterocycles. The summed E-state index contributed by atoms with van der Waals surface area (Å²) in [4.78, 5) is 23.6. The molecule has 0 saturated heterocycles. The number of rotatable bonds is 9. The van der Waals surface area contributed by atoms with Crippen LogP contribution in [0, 0.1) is 0 Å². The number of urea groups is 1. The Morgan fingerprint density at radius 3 is 2.58 bits per heavy atom. The standard InChI is InChI=1S/C28H33N7O3S2/c1-16(2)29-19(15-39)14-37-24-11-10-21-25(33-24)40-27-31-20(13-35(21)27)17-6-8-18(9-7-17)30-26(36)32-23-12-22(38-34-23)28(3,4)5/h6-13,16,19,29,39H,14-15H2,1-5H3,(H2,30,32,34,36). The van der Waals surface area contributed by atoms with E-state index in [0.717, 1.165) is 26.6 Å². The zero-order chi connectivity index (χ0) is 28.4. The summed E-state index contributed by atoms with van der Waals surface area (Å²) in [5.41, 5.74) is 3.19. The summed E-state index contributed by atoms with van der Waals surface area (Å²) in [5, 5.41) is 12.9. The Bertz CT molecular complexity index is 1620. The average Bonchev–Trinajstić information content (AvgIpc) is 3.61. The van der Waals surface area contributed by atoms with E-state index in [2.05, 4.69) is 52.6 Å². The van der Waals surface area contributed by atoms with Gasteiger partial charge in [-0.3, -0.25) is 9.72 Å². The van der Waals surface area contributed by atoms with Crippen LogP contribution >= 0.6 is 24.0 Å². The van der Waals surface area contributed by atoms with Crippen molar-refractivity contribution in [2.75, 3.05) is 23.0 Å². The van der Waals surface area contributed by atoms with Crippen molar-refractivity contribution < 1.29 is 14.1 Å². The molecule has 4 heterocycles. The Hall–Kier alpha value is -3.61. The lowest BCUT2D eigenvalue weighted by Crippen LogP contribution is -2.40. The molecule has 12 heteroatoms. The lowest BCUT2D eigenvalue weighted by Gasteiger charge is -2.19. The molecule has 210 valence electrons. The van der Waals surface area contributed by atoms with Gasteiger partial charge in [0.25, 0.3) is 0 Å². The molecule has 0 radical (unpaired) electrons. The number of ether oxygens (including phenoxy) is 1. The van der Waals surface area contributed by atoms with Gasteiger partial charge in [0.15, 0.2) is 10.8 Å². The van der Waals surface area contributed by atoms with E-state index >= 15 is 0 Å². The fourth-order valence-corrected chi connectivity index (χ4v) is 5.27. The normalized spacial score (nSPS) is 12.8. The van der Waals surface area contributed by atoms with Gasteiger partial charge in [-0.15, -0.1) is 0 Å². The van der Waals surface area contributed by atoms with E-state index in [1.54, 1.807) is 6.07 Å². The molecule has 0 saturated carbocycles. The summed E-state index contributed by atoms with van der Waals surface area (Å²) in [7, 11) is 0. The first-order valence-electron chi connectivity index (χ1n) is 13.0. The van der Waals surface area contributed by atoms with Gasteiger partial charge in [0, 0.05) is 46.8 Å². The molecule has 5 rings (SSSR count). The Morgan fingerprint density at radius 1 is 1.12 bits per heavy atom. The minimum Gasteiger partial charge on any atom is -0.476 e. The molecular weight excluding hydrogens is 546 g/mol.